The van der Waals surface area contributed by atoms with Crippen LogP contribution in [0.15, 0.2) is 30.3 Å². The average molecular weight is 239 g/mol. The Bertz CT molecular complexity index is 312. The Morgan fingerprint density at radius 3 is 2.07 bits per heavy atom. The third-order valence-corrected chi connectivity index (χ3v) is 2.37. The van der Waals surface area contributed by atoms with Crippen LogP contribution in [0.25, 0.3) is 0 Å². The van der Waals surface area contributed by atoms with E-state index in [2.05, 4.69) is 0 Å². The molecule has 1 N–H and O–H groups in total. The molecule has 0 spiro atoms. The van der Waals surface area contributed by atoms with Crippen LogP contribution in [0.3, 0.4) is 0 Å². The molecular formula is C10H10ClF3O. The molecule has 1 atom stereocenters. The summed E-state index contributed by atoms with van der Waals surface area (Å²) in [7, 11) is 0. The molecule has 0 aliphatic rings. The second-order valence-corrected chi connectivity index (χ2v) is 3.54. The van der Waals surface area contributed by atoms with Crippen LogP contribution in [-0.2, 0) is 5.60 Å². The predicted octanol–water partition coefficient (Wildman–Crippen LogP) is 3.07. The van der Waals surface area contributed by atoms with Gasteiger partial charge < -0.3 is 5.11 Å². The predicted molar refractivity (Wildman–Crippen MR) is 51.7 cm³/mol. The highest BCUT2D eigenvalue weighted by Crippen LogP contribution is 2.41. The zero-order chi connectivity index (χ0) is 11.5. The van der Waals surface area contributed by atoms with Gasteiger partial charge in [-0.05, 0) is 5.56 Å². The zero-order valence-electron chi connectivity index (χ0n) is 7.76. The van der Waals surface area contributed by atoms with E-state index in [0.29, 0.717) is 0 Å². The Morgan fingerprint density at radius 2 is 1.67 bits per heavy atom. The molecule has 84 valence electrons. The molecule has 0 saturated carbocycles. The van der Waals surface area contributed by atoms with Crippen LogP contribution in [0.4, 0.5) is 13.2 Å². The van der Waals surface area contributed by atoms with E-state index in [1.165, 1.54) is 24.3 Å². The Kier molecular flexibility index (Phi) is 3.62. The first-order valence-electron chi connectivity index (χ1n) is 4.32. The minimum atomic E-state index is -4.72. The van der Waals surface area contributed by atoms with Crippen LogP contribution in [0.2, 0.25) is 0 Å². The van der Waals surface area contributed by atoms with E-state index >= 15 is 0 Å². The molecule has 1 unspecified atom stereocenters. The highest BCUT2D eigenvalue weighted by molar-refractivity contribution is 6.17. The van der Waals surface area contributed by atoms with E-state index in [0.717, 1.165) is 0 Å². The van der Waals surface area contributed by atoms with Gasteiger partial charge in [0.2, 0.25) is 0 Å². The minimum absolute atomic E-state index is 0.182. The van der Waals surface area contributed by atoms with Crippen molar-refractivity contribution in [1.82, 2.24) is 0 Å². The molecule has 0 bridgehead atoms. The first-order chi connectivity index (χ1) is 6.92. The van der Waals surface area contributed by atoms with Crippen molar-refractivity contribution in [3.8, 4) is 0 Å². The maximum Gasteiger partial charge on any atom is 0.421 e. The SMILES string of the molecule is OC(CCCl)(c1ccccc1)C(F)(F)F. The molecule has 0 aromatic heterocycles. The first kappa shape index (κ1) is 12.3. The Morgan fingerprint density at radius 1 is 1.13 bits per heavy atom. The lowest BCUT2D eigenvalue weighted by Crippen LogP contribution is -2.42. The lowest BCUT2D eigenvalue weighted by Gasteiger charge is -2.30. The Balaban J connectivity index is 3.13. The molecule has 1 nitrogen and oxygen atoms in total. The third-order valence-electron chi connectivity index (χ3n) is 2.18. The van der Waals surface area contributed by atoms with Crippen LogP contribution in [0.1, 0.15) is 12.0 Å². The highest BCUT2D eigenvalue weighted by atomic mass is 35.5. The number of halogens is 4. The number of rotatable bonds is 3. The second-order valence-electron chi connectivity index (χ2n) is 3.16. The quantitative estimate of drug-likeness (QED) is 0.803. The molecule has 5 heteroatoms. The maximum atomic E-state index is 12.7. The van der Waals surface area contributed by atoms with Gasteiger partial charge in [-0.1, -0.05) is 30.3 Å². The van der Waals surface area contributed by atoms with Crippen molar-refractivity contribution < 1.29 is 18.3 Å². The maximum absolute atomic E-state index is 12.7. The zero-order valence-corrected chi connectivity index (χ0v) is 8.52. The molecule has 0 saturated heterocycles. The van der Waals surface area contributed by atoms with Gasteiger partial charge >= 0.3 is 6.18 Å². The molecule has 15 heavy (non-hydrogen) atoms. The monoisotopic (exact) mass is 238 g/mol. The van der Waals surface area contributed by atoms with Crippen molar-refractivity contribution >= 4 is 11.6 Å². The largest absolute Gasteiger partial charge is 0.421 e. The molecular weight excluding hydrogens is 229 g/mol. The van der Waals surface area contributed by atoms with E-state index in [9.17, 15) is 18.3 Å². The summed E-state index contributed by atoms with van der Waals surface area (Å²) in [5, 5.41) is 9.61. The number of aliphatic hydroxyl groups is 1. The van der Waals surface area contributed by atoms with Gasteiger partial charge in [-0.25, -0.2) is 0 Å². The van der Waals surface area contributed by atoms with Crippen molar-refractivity contribution in [1.29, 1.82) is 0 Å². The molecule has 1 rings (SSSR count). The minimum Gasteiger partial charge on any atom is -0.376 e. The van der Waals surface area contributed by atoms with Gasteiger partial charge in [-0.2, -0.15) is 13.2 Å². The Labute approximate surface area is 90.5 Å². The van der Waals surface area contributed by atoms with E-state index in [-0.39, 0.29) is 11.4 Å². The Hall–Kier alpha value is -0.740. The molecule has 0 aliphatic heterocycles. The number of alkyl halides is 4. The highest BCUT2D eigenvalue weighted by Gasteiger charge is 2.54. The van der Waals surface area contributed by atoms with Crippen LogP contribution in [0.5, 0.6) is 0 Å². The van der Waals surface area contributed by atoms with Crippen LogP contribution in [0, 0.1) is 0 Å². The molecule has 0 fully saturated rings. The van der Waals surface area contributed by atoms with Gasteiger partial charge in [0.25, 0.3) is 0 Å². The van der Waals surface area contributed by atoms with Crippen LogP contribution >= 0.6 is 11.6 Å². The van der Waals surface area contributed by atoms with E-state index in [4.69, 9.17) is 11.6 Å². The van der Waals surface area contributed by atoms with Gasteiger partial charge in [0.15, 0.2) is 5.60 Å². The fourth-order valence-corrected chi connectivity index (χ4v) is 1.57. The summed E-state index contributed by atoms with van der Waals surface area (Å²) in [6.07, 6.45) is -5.27. The van der Waals surface area contributed by atoms with Gasteiger partial charge in [0.05, 0.1) is 0 Å². The molecule has 0 aliphatic carbocycles. The van der Waals surface area contributed by atoms with Gasteiger partial charge in [-0.3, -0.25) is 0 Å². The van der Waals surface area contributed by atoms with Gasteiger partial charge in [0, 0.05) is 12.3 Å². The summed E-state index contributed by atoms with van der Waals surface area (Å²) >= 11 is 5.28. The standard InChI is InChI=1S/C10H10ClF3O/c11-7-6-9(15,10(12,13)14)8-4-2-1-3-5-8/h1-5,15H,6-7H2. The summed E-state index contributed by atoms with van der Waals surface area (Å²) in [4.78, 5) is 0. The number of hydrogen-bond donors (Lipinski definition) is 1. The van der Waals surface area contributed by atoms with Crippen LogP contribution < -0.4 is 0 Å². The number of benzene rings is 1. The topological polar surface area (TPSA) is 20.2 Å². The van der Waals surface area contributed by atoms with E-state index in [1.54, 1.807) is 6.07 Å². The first-order valence-corrected chi connectivity index (χ1v) is 4.86. The second kappa shape index (κ2) is 4.41. The van der Waals surface area contributed by atoms with E-state index < -0.39 is 18.2 Å². The van der Waals surface area contributed by atoms with Gasteiger partial charge in [0.1, 0.15) is 0 Å². The summed E-state index contributed by atoms with van der Waals surface area (Å²) in [6.45, 7) is 0. The summed E-state index contributed by atoms with van der Waals surface area (Å²) in [5.74, 6) is -0.259. The summed E-state index contributed by atoms with van der Waals surface area (Å²) in [5.41, 5.74) is -3.03. The van der Waals surface area contributed by atoms with Crippen molar-refractivity contribution in [3.63, 3.8) is 0 Å². The van der Waals surface area contributed by atoms with Crippen molar-refractivity contribution in [2.75, 3.05) is 5.88 Å². The molecule has 0 amide bonds. The molecule has 1 aromatic rings. The number of hydrogen-bond acceptors (Lipinski definition) is 1. The molecule has 0 radical (unpaired) electrons. The van der Waals surface area contributed by atoms with Crippen molar-refractivity contribution in [2.24, 2.45) is 0 Å². The molecule has 1 aromatic carbocycles. The fraction of sp³-hybridized carbons (Fsp3) is 0.400. The van der Waals surface area contributed by atoms with Gasteiger partial charge in [-0.15, -0.1) is 11.6 Å². The fourth-order valence-electron chi connectivity index (χ4n) is 1.30. The smallest absolute Gasteiger partial charge is 0.376 e. The normalized spacial score (nSPS) is 16.1. The van der Waals surface area contributed by atoms with E-state index in [1.807, 2.05) is 0 Å². The third kappa shape index (κ3) is 2.44. The van der Waals surface area contributed by atoms with Crippen molar-refractivity contribution in [3.05, 3.63) is 35.9 Å². The lowest BCUT2D eigenvalue weighted by molar-refractivity contribution is -0.267. The lowest BCUT2D eigenvalue weighted by atomic mass is 9.90. The summed E-state index contributed by atoms with van der Waals surface area (Å²) < 4.78 is 38.0. The average Bonchev–Trinajstić information content (AvgIpc) is 2.18. The summed E-state index contributed by atoms with van der Waals surface area (Å²) in [6, 6.07) is 6.95. The van der Waals surface area contributed by atoms with Crippen molar-refractivity contribution in [2.45, 2.75) is 18.2 Å². The van der Waals surface area contributed by atoms with Crippen LogP contribution in [-0.4, -0.2) is 17.2 Å². The molecule has 0 heterocycles.